The Kier molecular flexibility index (Phi) is 6.20. The third-order valence-electron chi connectivity index (χ3n) is 2.95. The van der Waals surface area contributed by atoms with Gasteiger partial charge < -0.3 is 5.32 Å². The van der Waals surface area contributed by atoms with Crippen molar-refractivity contribution in [2.24, 2.45) is 0 Å². The van der Waals surface area contributed by atoms with E-state index in [-0.39, 0.29) is 11.9 Å². The SMILES string of the molecule is CCCC(NC(=O)CSc1nnc(C)s1)c1ccccc1. The molecule has 1 aromatic carbocycles. The lowest BCUT2D eigenvalue weighted by Gasteiger charge is -2.18. The highest BCUT2D eigenvalue weighted by molar-refractivity contribution is 8.01. The number of thioether (sulfide) groups is 1. The van der Waals surface area contributed by atoms with E-state index in [4.69, 9.17) is 0 Å². The predicted molar refractivity (Wildman–Crippen MR) is 87.6 cm³/mol. The van der Waals surface area contributed by atoms with Gasteiger partial charge in [0.05, 0.1) is 11.8 Å². The van der Waals surface area contributed by atoms with E-state index in [0.717, 1.165) is 27.8 Å². The number of hydrogen-bond acceptors (Lipinski definition) is 5. The van der Waals surface area contributed by atoms with Gasteiger partial charge in [-0.3, -0.25) is 4.79 Å². The zero-order valence-corrected chi connectivity index (χ0v) is 13.8. The van der Waals surface area contributed by atoms with Crippen LogP contribution in [-0.4, -0.2) is 21.9 Å². The Bertz CT molecular complexity index is 571. The maximum atomic E-state index is 12.1. The molecule has 0 aliphatic heterocycles. The Morgan fingerprint density at radius 1 is 1.33 bits per heavy atom. The van der Waals surface area contributed by atoms with E-state index in [9.17, 15) is 4.79 Å². The number of nitrogens with one attached hydrogen (secondary N) is 1. The van der Waals surface area contributed by atoms with Gasteiger partial charge in [0.25, 0.3) is 0 Å². The minimum absolute atomic E-state index is 0.0372. The van der Waals surface area contributed by atoms with Crippen LogP contribution in [0.1, 0.15) is 36.4 Å². The molecule has 1 unspecified atom stereocenters. The number of aromatic nitrogens is 2. The lowest BCUT2D eigenvalue weighted by Crippen LogP contribution is -2.29. The molecule has 1 heterocycles. The molecule has 0 saturated heterocycles. The molecule has 2 aromatic rings. The molecule has 0 radical (unpaired) electrons. The first kappa shape index (κ1) is 16.0. The minimum Gasteiger partial charge on any atom is -0.349 e. The maximum Gasteiger partial charge on any atom is 0.230 e. The standard InChI is InChI=1S/C15H19N3OS2/c1-3-7-13(12-8-5-4-6-9-12)16-14(19)10-20-15-18-17-11(2)21-15/h4-6,8-9,13H,3,7,10H2,1-2H3,(H,16,19). The van der Waals surface area contributed by atoms with E-state index < -0.39 is 0 Å². The summed E-state index contributed by atoms with van der Waals surface area (Å²) in [7, 11) is 0. The second-order valence-electron chi connectivity index (χ2n) is 4.70. The Morgan fingerprint density at radius 2 is 2.10 bits per heavy atom. The van der Waals surface area contributed by atoms with Crippen molar-refractivity contribution in [3.63, 3.8) is 0 Å². The number of rotatable bonds is 7. The third-order valence-corrected chi connectivity index (χ3v) is 4.92. The van der Waals surface area contributed by atoms with Crippen molar-refractivity contribution in [2.45, 2.75) is 37.1 Å². The summed E-state index contributed by atoms with van der Waals surface area (Å²) in [5.41, 5.74) is 1.16. The third kappa shape index (κ3) is 5.13. The Morgan fingerprint density at radius 3 is 2.71 bits per heavy atom. The number of amides is 1. The van der Waals surface area contributed by atoms with Crippen molar-refractivity contribution in [1.82, 2.24) is 15.5 Å². The van der Waals surface area contributed by atoms with Crippen LogP contribution >= 0.6 is 23.1 Å². The van der Waals surface area contributed by atoms with E-state index in [1.54, 1.807) is 0 Å². The van der Waals surface area contributed by atoms with Gasteiger partial charge >= 0.3 is 0 Å². The number of carbonyl (C=O) groups is 1. The van der Waals surface area contributed by atoms with E-state index in [1.165, 1.54) is 23.1 Å². The van der Waals surface area contributed by atoms with Gasteiger partial charge in [0.15, 0.2) is 4.34 Å². The minimum atomic E-state index is 0.0372. The van der Waals surface area contributed by atoms with Gasteiger partial charge in [-0.2, -0.15) is 0 Å². The molecule has 21 heavy (non-hydrogen) atoms. The van der Waals surface area contributed by atoms with Gasteiger partial charge in [0, 0.05) is 0 Å². The van der Waals surface area contributed by atoms with Crippen LogP contribution in [0.25, 0.3) is 0 Å². The van der Waals surface area contributed by atoms with Crippen LogP contribution in [0.3, 0.4) is 0 Å². The van der Waals surface area contributed by atoms with Crippen molar-refractivity contribution >= 4 is 29.0 Å². The molecule has 1 N–H and O–H groups in total. The number of hydrogen-bond donors (Lipinski definition) is 1. The number of nitrogens with zero attached hydrogens (tertiary/aromatic N) is 2. The Labute approximate surface area is 133 Å². The molecule has 0 spiro atoms. The van der Waals surface area contributed by atoms with E-state index in [0.29, 0.717) is 5.75 Å². The topological polar surface area (TPSA) is 54.9 Å². The molecule has 0 fully saturated rings. The van der Waals surface area contributed by atoms with Crippen molar-refractivity contribution in [2.75, 3.05) is 5.75 Å². The average Bonchev–Trinajstić information content (AvgIpc) is 2.91. The normalized spacial score (nSPS) is 12.1. The van der Waals surface area contributed by atoms with Crippen LogP contribution in [-0.2, 0) is 4.79 Å². The zero-order valence-electron chi connectivity index (χ0n) is 12.2. The average molecular weight is 321 g/mol. The largest absolute Gasteiger partial charge is 0.349 e. The summed E-state index contributed by atoms with van der Waals surface area (Å²) in [6, 6.07) is 10.2. The monoisotopic (exact) mass is 321 g/mol. The van der Waals surface area contributed by atoms with E-state index in [2.05, 4.69) is 34.6 Å². The Hall–Kier alpha value is -1.40. The van der Waals surface area contributed by atoms with Crippen LogP contribution in [0.15, 0.2) is 34.7 Å². The van der Waals surface area contributed by atoms with Gasteiger partial charge in [-0.25, -0.2) is 0 Å². The van der Waals surface area contributed by atoms with Gasteiger partial charge in [-0.05, 0) is 18.9 Å². The van der Waals surface area contributed by atoms with E-state index >= 15 is 0 Å². The predicted octanol–water partition coefficient (Wildman–Crippen LogP) is 3.60. The summed E-state index contributed by atoms with van der Waals surface area (Å²) in [5.74, 6) is 0.414. The first-order chi connectivity index (χ1) is 10.2. The summed E-state index contributed by atoms with van der Waals surface area (Å²) in [4.78, 5) is 12.1. The molecule has 1 aromatic heterocycles. The van der Waals surface area contributed by atoms with Crippen LogP contribution in [0, 0.1) is 6.92 Å². The molecule has 0 saturated carbocycles. The van der Waals surface area contributed by atoms with E-state index in [1.807, 2.05) is 25.1 Å². The van der Waals surface area contributed by atoms with Crippen LogP contribution < -0.4 is 5.32 Å². The number of aryl methyl sites for hydroxylation is 1. The van der Waals surface area contributed by atoms with Crippen molar-refractivity contribution in [3.05, 3.63) is 40.9 Å². The first-order valence-corrected chi connectivity index (χ1v) is 8.76. The second kappa shape index (κ2) is 8.14. The van der Waals surface area contributed by atoms with Crippen molar-refractivity contribution < 1.29 is 4.79 Å². The zero-order chi connectivity index (χ0) is 15.1. The van der Waals surface area contributed by atoms with Gasteiger partial charge in [-0.15, -0.1) is 10.2 Å². The molecule has 0 aliphatic rings. The summed E-state index contributed by atoms with van der Waals surface area (Å²) < 4.78 is 0.842. The fourth-order valence-electron chi connectivity index (χ4n) is 2.00. The summed E-state index contributed by atoms with van der Waals surface area (Å²) in [6.45, 7) is 4.04. The summed E-state index contributed by atoms with van der Waals surface area (Å²) in [6.07, 6.45) is 1.97. The molecule has 2 rings (SSSR count). The van der Waals surface area contributed by atoms with Gasteiger partial charge in [-0.1, -0.05) is 66.8 Å². The van der Waals surface area contributed by atoms with Crippen molar-refractivity contribution in [3.8, 4) is 0 Å². The molecule has 112 valence electrons. The molecule has 0 aliphatic carbocycles. The number of benzene rings is 1. The smallest absolute Gasteiger partial charge is 0.230 e. The van der Waals surface area contributed by atoms with Crippen LogP contribution in [0.5, 0.6) is 0 Å². The molecular formula is C15H19N3OS2. The summed E-state index contributed by atoms with van der Waals surface area (Å²) >= 11 is 2.95. The molecule has 1 atom stereocenters. The first-order valence-electron chi connectivity index (χ1n) is 6.96. The lowest BCUT2D eigenvalue weighted by atomic mass is 10.0. The Balaban J connectivity index is 1.89. The highest BCUT2D eigenvalue weighted by atomic mass is 32.2. The second-order valence-corrected chi connectivity index (χ2v) is 7.10. The fraction of sp³-hybridized carbons (Fsp3) is 0.400. The number of carbonyl (C=O) groups excluding carboxylic acids is 1. The van der Waals surface area contributed by atoms with Crippen LogP contribution in [0.2, 0.25) is 0 Å². The molecule has 6 heteroatoms. The summed E-state index contributed by atoms with van der Waals surface area (Å²) in [5, 5.41) is 12.0. The lowest BCUT2D eigenvalue weighted by molar-refractivity contribution is -0.119. The quantitative estimate of drug-likeness (QED) is 0.792. The molecule has 0 bridgehead atoms. The van der Waals surface area contributed by atoms with Crippen LogP contribution in [0.4, 0.5) is 0 Å². The highest BCUT2D eigenvalue weighted by Crippen LogP contribution is 2.22. The fourth-order valence-corrected chi connectivity index (χ4v) is 3.62. The van der Waals surface area contributed by atoms with Gasteiger partial charge in [0.2, 0.25) is 5.91 Å². The van der Waals surface area contributed by atoms with Crippen molar-refractivity contribution in [1.29, 1.82) is 0 Å². The molecule has 4 nitrogen and oxygen atoms in total. The molecule has 1 amide bonds. The van der Waals surface area contributed by atoms with Gasteiger partial charge in [0.1, 0.15) is 5.01 Å². The highest BCUT2D eigenvalue weighted by Gasteiger charge is 2.14. The molecular weight excluding hydrogens is 302 g/mol. The maximum absolute atomic E-state index is 12.1.